The molecule has 29 heavy (non-hydrogen) atoms. The van der Waals surface area contributed by atoms with Gasteiger partial charge in [-0.2, -0.15) is 5.10 Å². The summed E-state index contributed by atoms with van der Waals surface area (Å²) in [5.74, 6) is 0.122. The molecule has 0 radical (unpaired) electrons. The lowest BCUT2D eigenvalue weighted by Crippen LogP contribution is -2.12. The first kappa shape index (κ1) is 18.5. The van der Waals surface area contributed by atoms with Crippen molar-refractivity contribution in [2.45, 2.75) is 19.4 Å². The molecule has 1 amide bonds. The number of nitrogens with one attached hydrogen (secondary N) is 1. The minimum absolute atomic E-state index is 0.111. The third kappa shape index (κ3) is 4.73. The minimum Gasteiger partial charge on any atom is -0.356 e. The second kappa shape index (κ2) is 8.47. The summed E-state index contributed by atoms with van der Waals surface area (Å²) in [6.45, 7) is 0.619. The van der Waals surface area contributed by atoms with E-state index in [2.05, 4.69) is 20.6 Å². The number of benzene rings is 2. The minimum atomic E-state index is -0.318. The average molecular weight is 391 g/mol. The highest BCUT2D eigenvalue weighted by atomic mass is 19.1. The van der Waals surface area contributed by atoms with Gasteiger partial charge in [-0.15, -0.1) is 0 Å². The maximum absolute atomic E-state index is 13.1. The molecular formula is C21H18FN5O2. The van der Waals surface area contributed by atoms with Crippen molar-refractivity contribution in [3.05, 3.63) is 84.3 Å². The zero-order valence-corrected chi connectivity index (χ0v) is 15.5. The molecule has 0 spiro atoms. The number of rotatable bonds is 7. The van der Waals surface area contributed by atoms with Gasteiger partial charge in [-0.1, -0.05) is 17.3 Å². The molecule has 8 heteroatoms. The fourth-order valence-electron chi connectivity index (χ4n) is 2.94. The van der Waals surface area contributed by atoms with Gasteiger partial charge in [-0.05, 0) is 48.4 Å². The second-order valence-corrected chi connectivity index (χ2v) is 6.53. The Hall–Kier alpha value is -3.81. The fraction of sp³-hybridized carbons (Fsp3) is 0.143. The Morgan fingerprint density at radius 1 is 1.10 bits per heavy atom. The second-order valence-electron chi connectivity index (χ2n) is 6.53. The quantitative estimate of drug-likeness (QED) is 0.519. The highest BCUT2D eigenvalue weighted by Crippen LogP contribution is 2.25. The molecule has 0 unspecified atom stereocenters. The first-order chi connectivity index (χ1) is 14.2. The molecule has 4 aromatic rings. The van der Waals surface area contributed by atoms with Gasteiger partial charge in [0.25, 0.3) is 0 Å². The number of aromatic nitrogens is 4. The van der Waals surface area contributed by atoms with E-state index < -0.39 is 0 Å². The van der Waals surface area contributed by atoms with Gasteiger partial charge >= 0.3 is 0 Å². The maximum atomic E-state index is 13.1. The first-order valence-corrected chi connectivity index (χ1v) is 9.08. The van der Waals surface area contributed by atoms with Crippen molar-refractivity contribution >= 4 is 11.6 Å². The topological polar surface area (TPSA) is 85.8 Å². The number of carbonyl (C=O) groups is 1. The molecule has 4 rings (SSSR count). The average Bonchev–Trinajstić information content (AvgIpc) is 3.40. The Bertz CT molecular complexity index is 1070. The number of nitrogens with zero attached hydrogens (tertiary/aromatic N) is 4. The summed E-state index contributed by atoms with van der Waals surface area (Å²) >= 11 is 0. The molecule has 0 aliphatic heterocycles. The van der Waals surface area contributed by atoms with Crippen molar-refractivity contribution in [2.24, 2.45) is 0 Å². The summed E-state index contributed by atoms with van der Waals surface area (Å²) in [6.07, 6.45) is 5.47. The van der Waals surface area contributed by atoms with Crippen LogP contribution in [0.5, 0.6) is 0 Å². The largest absolute Gasteiger partial charge is 0.356 e. The molecule has 0 saturated carbocycles. The van der Waals surface area contributed by atoms with E-state index in [4.69, 9.17) is 4.52 Å². The number of amides is 1. The molecule has 0 aliphatic carbocycles. The van der Waals surface area contributed by atoms with Crippen LogP contribution in [0.3, 0.4) is 0 Å². The Morgan fingerprint density at radius 2 is 1.90 bits per heavy atom. The third-order valence-corrected chi connectivity index (χ3v) is 4.42. The number of carbonyl (C=O) groups excluding carboxylic acids is 1. The number of aryl methyl sites for hydroxylation is 1. The predicted molar refractivity (Wildman–Crippen MR) is 104 cm³/mol. The van der Waals surface area contributed by atoms with Crippen molar-refractivity contribution < 1.29 is 13.7 Å². The van der Waals surface area contributed by atoms with Crippen LogP contribution in [0.2, 0.25) is 0 Å². The summed E-state index contributed by atoms with van der Waals surface area (Å²) in [5.41, 5.74) is 3.31. The molecule has 0 saturated heterocycles. The SMILES string of the molecule is O=C(CCc1cnoc1-c1ccc(F)cc1)Nc1ccc(Cn2cncn2)cc1. The highest BCUT2D eigenvalue weighted by molar-refractivity contribution is 5.90. The van der Waals surface area contributed by atoms with Gasteiger partial charge in [-0.3, -0.25) is 4.79 Å². The van der Waals surface area contributed by atoms with E-state index in [1.165, 1.54) is 18.5 Å². The van der Waals surface area contributed by atoms with E-state index in [0.29, 0.717) is 18.7 Å². The lowest BCUT2D eigenvalue weighted by Gasteiger charge is -2.07. The number of halogens is 1. The summed E-state index contributed by atoms with van der Waals surface area (Å²) in [7, 11) is 0. The van der Waals surface area contributed by atoms with Crippen molar-refractivity contribution in [1.29, 1.82) is 0 Å². The summed E-state index contributed by atoms with van der Waals surface area (Å²) in [5, 5.41) is 10.8. The van der Waals surface area contributed by atoms with Crippen LogP contribution in [0.15, 0.2) is 71.9 Å². The van der Waals surface area contributed by atoms with Crippen molar-refractivity contribution in [1.82, 2.24) is 19.9 Å². The molecule has 2 heterocycles. The molecular weight excluding hydrogens is 373 g/mol. The molecule has 146 valence electrons. The number of hydrogen-bond donors (Lipinski definition) is 1. The van der Waals surface area contributed by atoms with E-state index in [1.54, 1.807) is 29.3 Å². The van der Waals surface area contributed by atoms with E-state index in [9.17, 15) is 9.18 Å². The van der Waals surface area contributed by atoms with Crippen LogP contribution in [0.25, 0.3) is 11.3 Å². The standard InChI is InChI=1S/C21H18FN5O2/c22-18-6-3-16(4-7-18)21-17(11-25-29-21)5-10-20(28)26-19-8-1-15(2-9-19)12-27-14-23-13-24-27/h1-4,6-9,11,13-14H,5,10,12H2,(H,26,28). The molecule has 0 aliphatic rings. The van der Waals surface area contributed by atoms with Gasteiger partial charge in [-0.25, -0.2) is 14.1 Å². The molecule has 0 fully saturated rings. The van der Waals surface area contributed by atoms with E-state index in [1.807, 2.05) is 24.3 Å². The lowest BCUT2D eigenvalue weighted by molar-refractivity contribution is -0.116. The summed E-state index contributed by atoms with van der Waals surface area (Å²) in [4.78, 5) is 16.2. The molecule has 7 nitrogen and oxygen atoms in total. The smallest absolute Gasteiger partial charge is 0.224 e. The first-order valence-electron chi connectivity index (χ1n) is 9.08. The molecule has 0 bridgehead atoms. The lowest BCUT2D eigenvalue weighted by atomic mass is 10.1. The van der Waals surface area contributed by atoms with Gasteiger partial charge in [0.05, 0.1) is 12.7 Å². The van der Waals surface area contributed by atoms with Crippen LogP contribution in [-0.4, -0.2) is 25.8 Å². The molecule has 1 N–H and O–H groups in total. The van der Waals surface area contributed by atoms with E-state index in [-0.39, 0.29) is 18.1 Å². The van der Waals surface area contributed by atoms with Gasteiger partial charge in [0, 0.05) is 23.2 Å². The Morgan fingerprint density at radius 3 is 2.62 bits per heavy atom. The van der Waals surface area contributed by atoms with E-state index in [0.717, 1.165) is 22.4 Å². The van der Waals surface area contributed by atoms with Crippen LogP contribution in [0.1, 0.15) is 17.5 Å². The monoisotopic (exact) mass is 391 g/mol. The van der Waals surface area contributed by atoms with Gasteiger partial charge < -0.3 is 9.84 Å². The predicted octanol–water partition coefficient (Wildman–Crippen LogP) is 3.69. The summed E-state index contributed by atoms with van der Waals surface area (Å²) in [6, 6.07) is 13.6. The molecule has 0 atom stereocenters. The summed E-state index contributed by atoms with van der Waals surface area (Å²) < 4.78 is 20.1. The zero-order chi connectivity index (χ0) is 20.1. The third-order valence-electron chi connectivity index (χ3n) is 4.42. The Kier molecular flexibility index (Phi) is 5.42. The van der Waals surface area contributed by atoms with Gasteiger partial charge in [0.1, 0.15) is 18.5 Å². The van der Waals surface area contributed by atoms with Crippen LogP contribution in [0, 0.1) is 5.82 Å². The van der Waals surface area contributed by atoms with Crippen molar-refractivity contribution in [3.8, 4) is 11.3 Å². The van der Waals surface area contributed by atoms with Crippen LogP contribution in [0.4, 0.5) is 10.1 Å². The normalized spacial score (nSPS) is 10.8. The maximum Gasteiger partial charge on any atom is 0.224 e. The molecule has 2 aromatic heterocycles. The van der Waals surface area contributed by atoms with Crippen molar-refractivity contribution in [3.63, 3.8) is 0 Å². The molecule has 2 aromatic carbocycles. The highest BCUT2D eigenvalue weighted by Gasteiger charge is 2.13. The fourth-order valence-corrected chi connectivity index (χ4v) is 2.94. The van der Waals surface area contributed by atoms with Crippen LogP contribution < -0.4 is 5.32 Å². The van der Waals surface area contributed by atoms with Crippen molar-refractivity contribution in [2.75, 3.05) is 5.32 Å². The zero-order valence-electron chi connectivity index (χ0n) is 15.5. The number of hydrogen-bond acceptors (Lipinski definition) is 5. The van der Waals surface area contributed by atoms with Crippen LogP contribution in [-0.2, 0) is 17.8 Å². The number of anilines is 1. The Balaban J connectivity index is 1.33. The van der Waals surface area contributed by atoms with Crippen LogP contribution >= 0.6 is 0 Å². The Labute approximate surface area is 166 Å². The van der Waals surface area contributed by atoms with Gasteiger partial charge in [0.15, 0.2) is 5.76 Å². The van der Waals surface area contributed by atoms with Gasteiger partial charge in [0.2, 0.25) is 5.91 Å². The van der Waals surface area contributed by atoms with E-state index >= 15 is 0 Å².